The van der Waals surface area contributed by atoms with E-state index in [-0.39, 0.29) is 11.9 Å². The third-order valence-corrected chi connectivity index (χ3v) is 2.24. The van der Waals surface area contributed by atoms with Crippen molar-refractivity contribution in [2.45, 2.75) is 6.92 Å². The Morgan fingerprint density at radius 1 is 1.25 bits per heavy atom. The van der Waals surface area contributed by atoms with Crippen LogP contribution in [0.1, 0.15) is 12.5 Å². The number of rotatable bonds is 5. The van der Waals surface area contributed by atoms with E-state index in [1.165, 1.54) is 27.4 Å². The normalized spacial score (nSPS) is 10.2. The summed E-state index contributed by atoms with van der Waals surface area (Å²) in [6.07, 6.45) is 1.40. The van der Waals surface area contributed by atoms with E-state index >= 15 is 0 Å². The molecule has 0 fully saturated rings. The minimum Gasteiger partial charge on any atom is -0.493 e. The number of benzene rings is 1. The van der Waals surface area contributed by atoms with Gasteiger partial charge in [0.15, 0.2) is 11.5 Å². The fourth-order valence-electron chi connectivity index (χ4n) is 1.46. The summed E-state index contributed by atoms with van der Waals surface area (Å²) in [4.78, 5) is 11.2. The van der Waals surface area contributed by atoms with Crippen molar-refractivity contribution in [1.82, 2.24) is 0 Å². The molecule has 1 aromatic rings. The fraction of sp³-hybridized carbons (Fsp3) is 0.250. The molecule has 1 amide bonds. The quantitative estimate of drug-likeness (QED) is 0.405. The molecule has 0 saturated carbocycles. The summed E-state index contributed by atoms with van der Waals surface area (Å²) in [5.41, 5.74) is 11.4. The second-order valence-electron chi connectivity index (χ2n) is 3.75. The highest BCUT2D eigenvalue weighted by atomic mass is 16.5. The molecular weight excluding hydrogens is 262 g/mol. The van der Waals surface area contributed by atoms with E-state index in [0.717, 1.165) is 0 Å². The number of methoxy groups -OCH3 is 2. The van der Waals surface area contributed by atoms with Gasteiger partial charge in [0.05, 0.1) is 26.1 Å². The summed E-state index contributed by atoms with van der Waals surface area (Å²) in [5, 5.41) is 9.86. The van der Waals surface area contributed by atoms with Crippen LogP contribution in [-0.4, -0.2) is 32.3 Å². The zero-order chi connectivity index (χ0) is 15.1. The zero-order valence-corrected chi connectivity index (χ0v) is 11.5. The number of nitrogens with two attached hydrogens (primary N) is 2. The van der Waals surface area contributed by atoms with E-state index in [0.29, 0.717) is 22.7 Å². The van der Waals surface area contributed by atoms with Gasteiger partial charge in [0.1, 0.15) is 0 Å². The number of hydrogen-bond donors (Lipinski definition) is 3. The van der Waals surface area contributed by atoms with Crippen LogP contribution in [0.15, 0.2) is 22.3 Å². The Labute approximate surface area is 116 Å². The zero-order valence-electron chi connectivity index (χ0n) is 11.5. The van der Waals surface area contributed by atoms with Gasteiger partial charge in [-0.25, -0.2) is 0 Å². The minimum absolute atomic E-state index is 0.164. The molecule has 20 heavy (non-hydrogen) atoms. The lowest BCUT2D eigenvalue weighted by Gasteiger charge is -2.12. The Kier molecular flexibility index (Phi) is 5.33. The number of anilines is 1. The standard InChI is InChI=1S/C12H17N5O3/c1-7(18)16-9-5-11(20-3)10(19-2)4-8(9)6-15-17-12(13)14/h4-6H,1-3H3,(H,16,18)(H4,13,14,17). The number of hydrogen-bond acceptors (Lipinski definition) is 5. The second-order valence-corrected chi connectivity index (χ2v) is 3.75. The van der Waals surface area contributed by atoms with Crippen LogP contribution in [0.4, 0.5) is 5.69 Å². The van der Waals surface area contributed by atoms with Gasteiger partial charge in [-0.05, 0) is 6.07 Å². The Balaban J connectivity index is 3.26. The number of nitrogens with one attached hydrogen (secondary N) is 1. The Hall–Kier alpha value is -2.77. The number of carbonyl (C=O) groups excluding carboxylic acids is 1. The lowest BCUT2D eigenvalue weighted by atomic mass is 10.1. The largest absolute Gasteiger partial charge is 0.493 e. The highest BCUT2D eigenvalue weighted by Crippen LogP contribution is 2.32. The van der Waals surface area contributed by atoms with E-state index in [4.69, 9.17) is 20.9 Å². The number of amides is 1. The Bertz CT molecular complexity index is 550. The van der Waals surface area contributed by atoms with Crippen molar-refractivity contribution in [2.75, 3.05) is 19.5 Å². The summed E-state index contributed by atoms with van der Waals surface area (Å²) < 4.78 is 10.3. The first-order chi connectivity index (χ1) is 9.47. The lowest BCUT2D eigenvalue weighted by molar-refractivity contribution is -0.114. The maximum atomic E-state index is 11.2. The average molecular weight is 279 g/mol. The monoisotopic (exact) mass is 279 g/mol. The lowest BCUT2D eigenvalue weighted by Crippen LogP contribution is -2.21. The maximum Gasteiger partial charge on any atom is 0.221 e. The summed E-state index contributed by atoms with van der Waals surface area (Å²) in [6.45, 7) is 1.40. The van der Waals surface area contributed by atoms with Crippen molar-refractivity contribution >= 4 is 23.8 Å². The molecule has 1 rings (SSSR count). The molecule has 0 unspecified atom stereocenters. The summed E-state index contributed by atoms with van der Waals surface area (Å²) in [7, 11) is 3.01. The molecule has 108 valence electrons. The molecule has 0 radical (unpaired) electrons. The molecule has 0 aliphatic heterocycles. The predicted octanol–water partition coefficient (Wildman–Crippen LogP) is 0.269. The first kappa shape index (κ1) is 15.3. The van der Waals surface area contributed by atoms with Gasteiger partial charge in [0, 0.05) is 18.6 Å². The van der Waals surface area contributed by atoms with E-state index in [1.807, 2.05) is 0 Å². The molecular formula is C12H17N5O3. The first-order valence-electron chi connectivity index (χ1n) is 5.63. The Morgan fingerprint density at radius 2 is 1.85 bits per heavy atom. The first-order valence-corrected chi connectivity index (χ1v) is 5.63. The topological polar surface area (TPSA) is 124 Å². The minimum atomic E-state index is -0.228. The van der Waals surface area contributed by atoms with Crippen LogP contribution in [-0.2, 0) is 4.79 Å². The second kappa shape index (κ2) is 6.98. The third kappa shape index (κ3) is 4.16. The SMILES string of the molecule is COc1cc(C=NN=C(N)N)c(NC(C)=O)cc1OC. The summed E-state index contributed by atoms with van der Waals surface area (Å²) in [6, 6.07) is 3.27. The van der Waals surface area contributed by atoms with E-state index in [2.05, 4.69) is 15.5 Å². The molecule has 0 aliphatic rings. The van der Waals surface area contributed by atoms with Gasteiger partial charge in [-0.3, -0.25) is 4.79 Å². The molecule has 1 aromatic carbocycles. The van der Waals surface area contributed by atoms with Crippen LogP contribution in [0.5, 0.6) is 11.5 Å². The van der Waals surface area contributed by atoms with Crippen LogP contribution < -0.4 is 26.3 Å². The van der Waals surface area contributed by atoms with Crippen molar-refractivity contribution in [1.29, 1.82) is 0 Å². The van der Waals surface area contributed by atoms with E-state index < -0.39 is 0 Å². The van der Waals surface area contributed by atoms with Crippen LogP contribution in [0.3, 0.4) is 0 Å². The maximum absolute atomic E-state index is 11.2. The van der Waals surface area contributed by atoms with Gasteiger partial charge in [-0.1, -0.05) is 0 Å². The van der Waals surface area contributed by atoms with E-state index in [1.54, 1.807) is 12.1 Å². The van der Waals surface area contributed by atoms with Gasteiger partial charge in [0.25, 0.3) is 0 Å². The van der Waals surface area contributed by atoms with Crippen LogP contribution in [0, 0.1) is 0 Å². The number of carbonyl (C=O) groups is 1. The number of ether oxygens (including phenoxy) is 2. The van der Waals surface area contributed by atoms with Gasteiger partial charge >= 0.3 is 0 Å². The van der Waals surface area contributed by atoms with Gasteiger partial charge in [-0.2, -0.15) is 5.10 Å². The molecule has 0 saturated heterocycles. The molecule has 8 heteroatoms. The van der Waals surface area contributed by atoms with Crippen molar-refractivity contribution in [2.24, 2.45) is 21.7 Å². The van der Waals surface area contributed by atoms with Crippen molar-refractivity contribution < 1.29 is 14.3 Å². The van der Waals surface area contributed by atoms with Gasteiger partial charge < -0.3 is 26.3 Å². The van der Waals surface area contributed by atoms with E-state index in [9.17, 15) is 4.79 Å². The molecule has 0 spiro atoms. The average Bonchev–Trinajstić information content (AvgIpc) is 2.38. The third-order valence-electron chi connectivity index (χ3n) is 2.24. The number of nitrogens with zero attached hydrogens (tertiary/aromatic N) is 2. The van der Waals surface area contributed by atoms with Crippen molar-refractivity contribution in [3.63, 3.8) is 0 Å². The van der Waals surface area contributed by atoms with Gasteiger partial charge in [0.2, 0.25) is 11.9 Å². The van der Waals surface area contributed by atoms with Crippen molar-refractivity contribution in [3.05, 3.63) is 17.7 Å². The number of guanidine groups is 1. The van der Waals surface area contributed by atoms with Crippen LogP contribution in [0.2, 0.25) is 0 Å². The molecule has 0 bridgehead atoms. The molecule has 5 N–H and O–H groups in total. The summed E-state index contributed by atoms with van der Waals surface area (Å²) in [5.74, 6) is 0.583. The highest BCUT2D eigenvalue weighted by Gasteiger charge is 2.11. The predicted molar refractivity (Wildman–Crippen MR) is 77.3 cm³/mol. The molecule has 0 heterocycles. The van der Waals surface area contributed by atoms with Crippen LogP contribution >= 0.6 is 0 Å². The molecule has 0 aliphatic carbocycles. The smallest absolute Gasteiger partial charge is 0.221 e. The molecule has 0 aromatic heterocycles. The van der Waals surface area contributed by atoms with Crippen LogP contribution in [0.25, 0.3) is 0 Å². The highest BCUT2D eigenvalue weighted by molar-refractivity contribution is 5.97. The molecule has 0 atom stereocenters. The Morgan fingerprint density at radius 3 is 2.35 bits per heavy atom. The van der Waals surface area contributed by atoms with Gasteiger partial charge in [-0.15, -0.1) is 5.10 Å². The van der Waals surface area contributed by atoms with Crippen molar-refractivity contribution in [3.8, 4) is 11.5 Å². The molecule has 8 nitrogen and oxygen atoms in total. The summed E-state index contributed by atoms with van der Waals surface area (Å²) >= 11 is 0. The fourth-order valence-corrected chi connectivity index (χ4v) is 1.46.